The fraction of sp³-hybridized carbons (Fsp3) is 0.450. The highest BCUT2D eigenvalue weighted by Gasteiger charge is 2.19. The molecule has 1 aliphatic rings. The molecule has 0 unspecified atom stereocenters. The molecule has 1 amide bonds. The first-order valence-corrected chi connectivity index (χ1v) is 9.42. The van der Waals surface area contributed by atoms with Gasteiger partial charge in [0.2, 0.25) is 0 Å². The average Bonchev–Trinajstić information content (AvgIpc) is 2.68. The summed E-state index contributed by atoms with van der Waals surface area (Å²) in [4.78, 5) is 25.8. The van der Waals surface area contributed by atoms with Crippen molar-refractivity contribution < 1.29 is 4.79 Å². The molecule has 0 spiro atoms. The number of likely N-dealkylation sites (N-methyl/N-ethyl adjacent to an activating group) is 1. The highest BCUT2D eigenvalue weighted by molar-refractivity contribution is 5.95. The lowest BCUT2D eigenvalue weighted by Gasteiger charge is -2.36. The molecule has 144 valence electrons. The summed E-state index contributed by atoms with van der Waals surface area (Å²) in [5.74, 6) is 0.854. The number of carbonyl (C=O) groups is 1. The average molecular weight is 368 g/mol. The number of nitrogens with one attached hydrogen (secondary N) is 1. The zero-order valence-electron chi connectivity index (χ0n) is 16.1. The van der Waals surface area contributed by atoms with E-state index >= 15 is 0 Å². The molecule has 0 saturated carbocycles. The van der Waals surface area contributed by atoms with Crippen LogP contribution in [0.15, 0.2) is 36.5 Å². The number of nitrogens with zero attached hydrogens (tertiary/aromatic N) is 4. The Labute approximate surface area is 160 Å². The summed E-state index contributed by atoms with van der Waals surface area (Å²) in [5, 5.41) is 3.03. The van der Waals surface area contributed by atoms with E-state index in [9.17, 15) is 4.79 Å². The van der Waals surface area contributed by atoms with Gasteiger partial charge in [0, 0.05) is 56.1 Å². The van der Waals surface area contributed by atoms with Crippen LogP contribution in [0.25, 0.3) is 11.4 Å². The van der Waals surface area contributed by atoms with Gasteiger partial charge in [-0.25, -0.2) is 9.97 Å². The normalized spacial score (nSPS) is 16.8. The first-order chi connectivity index (χ1) is 13.0. The van der Waals surface area contributed by atoms with E-state index in [4.69, 9.17) is 5.73 Å². The van der Waals surface area contributed by atoms with Crippen molar-refractivity contribution in [3.05, 3.63) is 42.1 Å². The van der Waals surface area contributed by atoms with E-state index in [0.29, 0.717) is 29.8 Å². The summed E-state index contributed by atoms with van der Waals surface area (Å²) < 4.78 is 0. The summed E-state index contributed by atoms with van der Waals surface area (Å²) in [5.41, 5.74) is 7.10. The first kappa shape index (κ1) is 19.3. The van der Waals surface area contributed by atoms with Crippen molar-refractivity contribution in [3.8, 4) is 11.4 Å². The molecule has 7 nitrogen and oxygen atoms in total. The van der Waals surface area contributed by atoms with E-state index in [1.54, 1.807) is 24.4 Å². The molecule has 3 N–H and O–H groups in total. The van der Waals surface area contributed by atoms with Gasteiger partial charge in [-0.15, -0.1) is 0 Å². The van der Waals surface area contributed by atoms with Gasteiger partial charge in [-0.05, 0) is 38.6 Å². The Morgan fingerprint density at radius 3 is 2.78 bits per heavy atom. The molecule has 2 aromatic rings. The van der Waals surface area contributed by atoms with Gasteiger partial charge in [0.1, 0.15) is 5.82 Å². The summed E-state index contributed by atoms with van der Waals surface area (Å²) in [6, 6.07) is 9.42. The van der Waals surface area contributed by atoms with Gasteiger partial charge in [0.15, 0.2) is 5.82 Å². The molecule has 0 bridgehead atoms. The topological polar surface area (TPSA) is 87.4 Å². The number of amides is 1. The van der Waals surface area contributed by atoms with Crippen molar-refractivity contribution in [1.29, 1.82) is 0 Å². The molecule has 2 heterocycles. The number of carbonyl (C=O) groups excluding carboxylic acids is 1. The summed E-state index contributed by atoms with van der Waals surface area (Å²) in [6.45, 7) is 7.29. The summed E-state index contributed by atoms with van der Waals surface area (Å²) in [6.07, 6.45) is 2.55. The van der Waals surface area contributed by atoms with Crippen LogP contribution in [0.1, 0.15) is 23.7 Å². The van der Waals surface area contributed by atoms with E-state index in [1.165, 1.54) is 0 Å². The maximum absolute atomic E-state index is 12.5. The monoisotopic (exact) mass is 368 g/mol. The zero-order valence-corrected chi connectivity index (χ0v) is 16.1. The number of benzene rings is 1. The molecule has 1 fully saturated rings. The molecule has 1 aromatic heterocycles. The van der Waals surface area contributed by atoms with Crippen LogP contribution in [0.5, 0.6) is 0 Å². The van der Waals surface area contributed by atoms with E-state index in [1.807, 2.05) is 12.1 Å². The molecular formula is C20H28N6O. The third-order valence-corrected chi connectivity index (χ3v) is 5.07. The van der Waals surface area contributed by atoms with Crippen molar-refractivity contribution >= 4 is 11.7 Å². The SMILES string of the molecule is C[C@H](CCNC(=O)c1cccc(-c2nccc(N)n2)c1)N1CCN(C)CC1. The van der Waals surface area contributed by atoms with Gasteiger partial charge >= 0.3 is 0 Å². The predicted octanol–water partition coefficient (Wildman–Crippen LogP) is 1.48. The van der Waals surface area contributed by atoms with E-state index < -0.39 is 0 Å². The van der Waals surface area contributed by atoms with Gasteiger partial charge in [-0.1, -0.05) is 12.1 Å². The molecule has 7 heteroatoms. The second-order valence-corrected chi connectivity index (χ2v) is 7.12. The standard InChI is InChI=1S/C20H28N6O/c1-15(26-12-10-25(2)11-13-26)6-8-23-20(27)17-5-3-4-16(14-17)19-22-9-7-18(21)24-19/h3-5,7,9,14-15H,6,8,10-13H2,1-2H3,(H,23,27)(H2,21,22,24)/t15-/m1/s1. The number of hydrogen-bond donors (Lipinski definition) is 2. The third-order valence-electron chi connectivity index (χ3n) is 5.07. The number of aromatic nitrogens is 2. The molecular weight excluding hydrogens is 340 g/mol. The number of rotatable bonds is 6. The number of hydrogen-bond acceptors (Lipinski definition) is 6. The lowest BCUT2D eigenvalue weighted by molar-refractivity contribution is 0.0935. The van der Waals surface area contributed by atoms with E-state index in [-0.39, 0.29) is 5.91 Å². The summed E-state index contributed by atoms with van der Waals surface area (Å²) in [7, 11) is 2.16. The lowest BCUT2D eigenvalue weighted by atomic mass is 10.1. The van der Waals surface area contributed by atoms with Crippen LogP contribution in [-0.4, -0.2) is 71.5 Å². The maximum atomic E-state index is 12.5. The van der Waals surface area contributed by atoms with Crippen molar-refractivity contribution in [1.82, 2.24) is 25.1 Å². The molecule has 0 aliphatic carbocycles. The van der Waals surface area contributed by atoms with Crippen LogP contribution in [0.2, 0.25) is 0 Å². The second kappa shape index (κ2) is 8.92. The van der Waals surface area contributed by atoms with Crippen LogP contribution in [-0.2, 0) is 0 Å². The van der Waals surface area contributed by atoms with Crippen molar-refractivity contribution in [2.45, 2.75) is 19.4 Å². The van der Waals surface area contributed by atoms with Crippen LogP contribution in [0.4, 0.5) is 5.82 Å². The largest absolute Gasteiger partial charge is 0.384 e. The molecule has 3 rings (SSSR count). The van der Waals surface area contributed by atoms with Crippen molar-refractivity contribution in [2.75, 3.05) is 45.5 Å². The lowest BCUT2D eigenvalue weighted by Crippen LogP contribution is -2.48. The fourth-order valence-electron chi connectivity index (χ4n) is 3.25. The van der Waals surface area contributed by atoms with Gasteiger partial charge in [0.05, 0.1) is 0 Å². The van der Waals surface area contributed by atoms with Gasteiger partial charge in [0.25, 0.3) is 5.91 Å². The predicted molar refractivity (Wildman–Crippen MR) is 107 cm³/mol. The molecule has 1 aromatic carbocycles. The Morgan fingerprint density at radius 1 is 1.26 bits per heavy atom. The van der Waals surface area contributed by atoms with Crippen molar-refractivity contribution in [3.63, 3.8) is 0 Å². The number of nitrogens with two attached hydrogens (primary N) is 1. The van der Waals surface area contributed by atoms with E-state index in [2.05, 4.69) is 39.1 Å². The smallest absolute Gasteiger partial charge is 0.251 e. The Bertz CT molecular complexity index is 773. The first-order valence-electron chi connectivity index (χ1n) is 9.42. The highest BCUT2D eigenvalue weighted by atomic mass is 16.1. The molecule has 27 heavy (non-hydrogen) atoms. The minimum absolute atomic E-state index is 0.0775. The quantitative estimate of drug-likeness (QED) is 0.803. The maximum Gasteiger partial charge on any atom is 0.251 e. The highest BCUT2D eigenvalue weighted by Crippen LogP contribution is 2.17. The fourth-order valence-corrected chi connectivity index (χ4v) is 3.25. The second-order valence-electron chi connectivity index (χ2n) is 7.12. The van der Waals surface area contributed by atoms with Gasteiger partial charge in [-0.3, -0.25) is 9.69 Å². The molecule has 1 atom stereocenters. The molecule has 1 saturated heterocycles. The van der Waals surface area contributed by atoms with Crippen LogP contribution < -0.4 is 11.1 Å². The van der Waals surface area contributed by atoms with Crippen LogP contribution in [0.3, 0.4) is 0 Å². The Balaban J connectivity index is 1.53. The van der Waals surface area contributed by atoms with Crippen LogP contribution in [0, 0.1) is 0 Å². The molecule has 1 aliphatic heterocycles. The number of anilines is 1. The summed E-state index contributed by atoms with van der Waals surface area (Å²) >= 11 is 0. The minimum atomic E-state index is -0.0775. The van der Waals surface area contributed by atoms with Crippen molar-refractivity contribution in [2.24, 2.45) is 0 Å². The number of nitrogen functional groups attached to an aromatic ring is 1. The Morgan fingerprint density at radius 2 is 2.04 bits per heavy atom. The Hall–Kier alpha value is -2.51. The molecule has 0 radical (unpaired) electrons. The van der Waals surface area contributed by atoms with Gasteiger partial charge < -0.3 is 16.0 Å². The third kappa shape index (κ3) is 5.24. The van der Waals surface area contributed by atoms with Gasteiger partial charge in [-0.2, -0.15) is 0 Å². The minimum Gasteiger partial charge on any atom is -0.384 e. The van der Waals surface area contributed by atoms with Crippen LogP contribution >= 0.6 is 0 Å². The van der Waals surface area contributed by atoms with E-state index in [0.717, 1.165) is 38.2 Å². The Kier molecular flexibility index (Phi) is 6.36. The zero-order chi connectivity index (χ0) is 19.2. The number of piperazine rings is 1.